The Morgan fingerprint density at radius 2 is 1.80 bits per heavy atom. The van der Waals surface area contributed by atoms with E-state index < -0.39 is 0 Å². The molecule has 0 aliphatic carbocycles. The zero-order valence-corrected chi connectivity index (χ0v) is 19.0. The first kappa shape index (κ1) is 21.4. The lowest BCUT2D eigenvalue weighted by atomic mass is 10.2. The molecule has 174 valence electrons. The van der Waals surface area contributed by atoms with Crippen LogP contribution in [0.2, 0.25) is 0 Å². The second kappa shape index (κ2) is 8.88. The van der Waals surface area contributed by atoms with Gasteiger partial charge in [0.25, 0.3) is 5.56 Å². The zero-order chi connectivity index (χ0) is 23.8. The minimum Gasteiger partial charge on any atom is -0.454 e. The fourth-order valence-electron chi connectivity index (χ4n) is 3.79. The second-order valence-electron chi connectivity index (χ2n) is 7.80. The van der Waals surface area contributed by atoms with Crippen LogP contribution in [0.1, 0.15) is 11.5 Å². The minimum atomic E-state index is -0.380. The van der Waals surface area contributed by atoms with Crippen molar-refractivity contribution in [1.29, 1.82) is 0 Å². The smallest absolute Gasteiger partial charge is 0.262 e. The predicted octanol–water partition coefficient (Wildman–Crippen LogP) is 4.65. The summed E-state index contributed by atoms with van der Waals surface area (Å²) in [5.41, 5.74) is 1.80. The van der Waals surface area contributed by atoms with E-state index in [-0.39, 0.29) is 23.9 Å². The molecule has 2 aromatic heterocycles. The summed E-state index contributed by atoms with van der Waals surface area (Å²) < 4.78 is 31.4. The molecule has 8 nitrogen and oxygen atoms in total. The number of hydrogen-bond acceptors (Lipinski definition) is 8. The van der Waals surface area contributed by atoms with Crippen LogP contribution in [-0.4, -0.2) is 26.5 Å². The van der Waals surface area contributed by atoms with Crippen LogP contribution in [0.15, 0.2) is 81.2 Å². The fourth-order valence-corrected chi connectivity index (χ4v) is 4.63. The van der Waals surface area contributed by atoms with Crippen LogP contribution in [0.3, 0.4) is 0 Å². The minimum absolute atomic E-state index is 0.107. The maximum absolute atomic E-state index is 13.6. The summed E-state index contributed by atoms with van der Waals surface area (Å²) in [4.78, 5) is 22.6. The van der Waals surface area contributed by atoms with Crippen LogP contribution >= 0.6 is 11.8 Å². The average Bonchev–Trinajstić information content (AvgIpc) is 3.54. The summed E-state index contributed by atoms with van der Waals surface area (Å²) >= 11 is 1.30. The number of aromatic nitrogens is 4. The van der Waals surface area contributed by atoms with Gasteiger partial charge in [0.1, 0.15) is 5.82 Å². The van der Waals surface area contributed by atoms with E-state index in [9.17, 15) is 9.18 Å². The third-order valence-corrected chi connectivity index (χ3v) is 6.43. The van der Waals surface area contributed by atoms with E-state index in [2.05, 4.69) is 10.1 Å². The van der Waals surface area contributed by atoms with Crippen molar-refractivity contribution in [2.75, 3.05) is 6.79 Å². The Kier molecular flexibility index (Phi) is 5.42. The van der Waals surface area contributed by atoms with Crippen molar-refractivity contribution in [2.45, 2.75) is 17.5 Å². The number of rotatable bonds is 6. The van der Waals surface area contributed by atoms with Crippen LogP contribution < -0.4 is 15.0 Å². The Labute approximate surface area is 202 Å². The Morgan fingerprint density at radius 1 is 0.971 bits per heavy atom. The largest absolute Gasteiger partial charge is 0.454 e. The van der Waals surface area contributed by atoms with Crippen LogP contribution in [0.5, 0.6) is 11.5 Å². The van der Waals surface area contributed by atoms with E-state index in [0.29, 0.717) is 51.4 Å². The Bertz CT molecular complexity index is 1600. The SMILES string of the molecule is O=c1c2cc3c(cc2nc(SCc2nc(-c4cccc(F)c4)no2)n1Cc1ccccc1)OCO3. The summed E-state index contributed by atoms with van der Waals surface area (Å²) in [6.45, 7) is 0.452. The van der Waals surface area contributed by atoms with Crippen molar-refractivity contribution >= 4 is 22.7 Å². The van der Waals surface area contributed by atoms with E-state index >= 15 is 0 Å². The molecule has 1 aliphatic heterocycles. The van der Waals surface area contributed by atoms with E-state index in [0.717, 1.165) is 5.56 Å². The third kappa shape index (κ3) is 4.24. The van der Waals surface area contributed by atoms with Gasteiger partial charge in [0.05, 0.1) is 23.2 Å². The molecular weight excluding hydrogens is 471 g/mol. The molecule has 35 heavy (non-hydrogen) atoms. The van der Waals surface area contributed by atoms with E-state index in [1.807, 2.05) is 30.3 Å². The highest BCUT2D eigenvalue weighted by Crippen LogP contribution is 2.35. The Hall–Kier alpha value is -4.18. The topological polar surface area (TPSA) is 92.3 Å². The van der Waals surface area contributed by atoms with E-state index in [1.54, 1.807) is 28.8 Å². The molecule has 1 aliphatic rings. The molecular formula is C25H17FN4O4S. The number of benzene rings is 3. The monoisotopic (exact) mass is 488 g/mol. The normalized spacial score (nSPS) is 12.4. The Morgan fingerprint density at radius 3 is 2.63 bits per heavy atom. The first-order valence-corrected chi connectivity index (χ1v) is 11.7. The van der Waals surface area contributed by atoms with E-state index in [1.165, 1.54) is 23.9 Å². The highest BCUT2D eigenvalue weighted by molar-refractivity contribution is 7.98. The molecule has 3 aromatic carbocycles. The van der Waals surface area contributed by atoms with Crippen molar-refractivity contribution in [2.24, 2.45) is 0 Å². The summed E-state index contributed by atoms with van der Waals surface area (Å²) in [5.74, 6) is 1.60. The van der Waals surface area contributed by atoms with Gasteiger partial charge in [0.15, 0.2) is 16.7 Å². The maximum atomic E-state index is 13.6. The lowest BCUT2D eigenvalue weighted by Gasteiger charge is -2.13. The van der Waals surface area contributed by atoms with Crippen molar-refractivity contribution in [3.05, 3.63) is 94.4 Å². The molecule has 0 unspecified atom stereocenters. The van der Waals surface area contributed by atoms with Gasteiger partial charge in [-0.25, -0.2) is 9.37 Å². The molecule has 0 fully saturated rings. The number of nitrogens with zero attached hydrogens (tertiary/aromatic N) is 4. The molecule has 0 bridgehead atoms. The van der Waals surface area contributed by atoms with Gasteiger partial charge in [-0.15, -0.1) is 0 Å². The van der Waals surface area contributed by atoms with Crippen LogP contribution in [-0.2, 0) is 12.3 Å². The lowest BCUT2D eigenvalue weighted by molar-refractivity contribution is 0.174. The fraction of sp³-hybridized carbons (Fsp3) is 0.120. The second-order valence-corrected chi connectivity index (χ2v) is 8.75. The van der Waals surface area contributed by atoms with Gasteiger partial charge < -0.3 is 14.0 Å². The molecule has 3 heterocycles. The molecule has 10 heteroatoms. The van der Waals surface area contributed by atoms with Gasteiger partial charge >= 0.3 is 0 Å². The van der Waals surface area contributed by atoms with Gasteiger partial charge in [0.2, 0.25) is 18.5 Å². The van der Waals surface area contributed by atoms with Crippen LogP contribution in [0.4, 0.5) is 4.39 Å². The molecule has 0 amide bonds. The molecule has 5 aromatic rings. The van der Waals surface area contributed by atoms with Crippen molar-refractivity contribution in [1.82, 2.24) is 19.7 Å². The average molecular weight is 489 g/mol. The third-order valence-electron chi connectivity index (χ3n) is 5.47. The highest BCUT2D eigenvalue weighted by atomic mass is 32.2. The van der Waals surface area contributed by atoms with Gasteiger partial charge in [0, 0.05) is 11.6 Å². The van der Waals surface area contributed by atoms with E-state index in [4.69, 9.17) is 19.0 Å². The molecule has 0 saturated carbocycles. The number of halogens is 1. The lowest BCUT2D eigenvalue weighted by Crippen LogP contribution is -2.24. The first-order chi connectivity index (χ1) is 17.1. The van der Waals surface area contributed by atoms with Crippen LogP contribution in [0, 0.1) is 5.82 Å². The molecule has 0 radical (unpaired) electrons. The van der Waals surface area contributed by atoms with Crippen molar-refractivity contribution in [3.63, 3.8) is 0 Å². The number of hydrogen-bond donors (Lipinski definition) is 0. The summed E-state index contributed by atoms with van der Waals surface area (Å²) in [7, 11) is 0. The summed E-state index contributed by atoms with van der Waals surface area (Å²) in [5, 5.41) is 4.89. The molecule has 0 N–H and O–H groups in total. The molecule has 0 saturated heterocycles. The van der Waals surface area contributed by atoms with Gasteiger partial charge in [-0.1, -0.05) is 59.4 Å². The quantitative estimate of drug-likeness (QED) is 0.252. The zero-order valence-electron chi connectivity index (χ0n) is 18.2. The van der Waals surface area contributed by atoms with Gasteiger partial charge in [-0.3, -0.25) is 9.36 Å². The number of ether oxygens (including phenoxy) is 2. The summed E-state index contributed by atoms with van der Waals surface area (Å²) in [6.07, 6.45) is 0. The predicted molar refractivity (Wildman–Crippen MR) is 127 cm³/mol. The number of fused-ring (bicyclic) bond motifs is 2. The van der Waals surface area contributed by atoms with Crippen molar-refractivity contribution < 1.29 is 18.4 Å². The molecule has 0 spiro atoms. The first-order valence-electron chi connectivity index (χ1n) is 10.7. The highest BCUT2D eigenvalue weighted by Gasteiger charge is 2.20. The van der Waals surface area contributed by atoms with Crippen molar-refractivity contribution in [3.8, 4) is 22.9 Å². The van der Waals surface area contributed by atoms with Gasteiger partial charge in [-0.2, -0.15) is 4.98 Å². The maximum Gasteiger partial charge on any atom is 0.262 e. The Balaban J connectivity index is 1.35. The number of thioether (sulfide) groups is 1. The summed E-state index contributed by atoms with van der Waals surface area (Å²) in [6, 6.07) is 19.0. The molecule has 6 rings (SSSR count). The van der Waals surface area contributed by atoms with Gasteiger partial charge in [-0.05, 0) is 23.8 Å². The standard InChI is InChI=1S/C25H17FN4O4S/c26-17-8-4-7-16(9-17)23-28-22(34-29-23)13-35-25-27-19-11-21-20(32-14-33-21)10-18(19)24(31)30(25)12-15-5-2-1-3-6-15/h1-11H,12-14H2. The van der Waals surface area contributed by atoms with Crippen LogP contribution in [0.25, 0.3) is 22.3 Å². The molecule has 0 atom stereocenters.